The molecule has 1 saturated heterocycles. The van der Waals surface area contributed by atoms with E-state index in [0.29, 0.717) is 5.92 Å². The summed E-state index contributed by atoms with van der Waals surface area (Å²) in [5.41, 5.74) is 3.55. The van der Waals surface area contributed by atoms with Gasteiger partial charge in [0.15, 0.2) is 0 Å². The zero-order valence-corrected chi connectivity index (χ0v) is 14.0. The molecule has 4 rings (SSSR count). The van der Waals surface area contributed by atoms with E-state index >= 15 is 0 Å². The van der Waals surface area contributed by atoms with Gasteiger partial charge < -0.3 is 9.15 Å². The molecule has 0 unspecified atom stereocenters. The minimum atomic E-state index is 0.487. The number of rotatable bonds is 4. The maximum Gasteiger partial charge on any atom is 0.134 e. The van der Waals surface area contributed by atoms with Gasteiger partial charge in [0, 0.05) is 38.3 Å². The van der Waals surface area contributed by atoms with Crippen LogP contribution in [0.3, 0.4) is 0 Å². The van der Waals surface area contributed by atoms with E-state index in [0.717, 1.165) is 44.9 Å². The first-order chi connectivity index (χ1) is 11.8. The molecule has 0 amide bonds. The first kappa shape index (κ1) is 15.4. The molecule has 5 nitrogen and oxygen atoms in total. The highest BCUT2D eigenvalue weighted by Gasteiger charge is 2.21. The van der Waals surface area contributed by atoms with Gasteiger partial charge in [0.2, 0.25) is 0 Å². The quantitative estimate of drug-likeness (QED) is 0.740. The third-order valence-electron chi connectivity index (χ3n) is 4.82. The fourth-order valence-corrected chi connectivity index (χ4v) is 3.55. The van der Waals surface area contributed by atoms with Crippen molar-refractivity contribution >= 4 is 11.0 Å². The van der Waals surface area contributed by atoms with E-state index in [2.05, 4.69) is 34.3 Å². The van der Waals surface area contributed by atoms with Crippen molar-refractivity contribution in [3.8, 4) is 0 Å². The minimum Gasteiger partial charge on any atom is -0.464 e. The number of ether oxygens (including phenoxy) is 1. The fraction of sp³-hybridized carbons (Fsp3) is 0.421. The van der Waals surface area contributed by atoms with Crippen LogP contribution in [0.4, 0.5) is 0 Å². The lowest BCUT2D eigenvalue weighted by molar-refractivity contribution is 0.121. The van der Waals surface area contributed by atoms with Crippen LogP contribution in [0.15, 0.2) is 47.2 Å². The Bertz CT molecular complexity index is 808. The molecule has 0 bridgehead atoms. The molecule has 0 aliphatic carbocycles. The van der Waals surface area contributed by atoms with Gasteiger partial charge >= 0.3 is 0 Å². The van der Waals surface area contributed by atoms with Crippen LogP contribution in [0.2, 0.25) is 0 Å². The second-order valence-electron chi connectivity index (χ2n) is 6.58. The molecule has 5 heteroatoms. The molecular weight excluding hydrogens is 302 g/mol. The van der Waals surface area contributed by atoms with Gasteiger partial charge in [-0.2, -0.15) is 5.10 Å². The van der Waals surface area contributed by atoms with Crippen molar-refractivity contribution in [3.63, 3.8) is 0 Å². The minimum absolute atomic E-state index is 0.487. The second kappa shape index (κ2) is 6.79. The summed E-state index contributed by atoms with van der Waals surface area (Å²) in [7, 11) is 2.00. The smallest absolute Gasteiger partial charge is 0.134 e. The van der Waals surface area contributed by atoms with E-state index < -0.39 is 0 Å². The van der Waals surface area contributed by atoms with Crippen molar-refractivity contribution in [1.82, 2.24) is 14.7 Å². The summed E-state index contributed by atoms with van der Waals surface area (Å²) in [6, 6.07) is 10.5. The Kier molecular flexibility index (Phi) is 4.36. The Morgan fingerprint density at radius 3 is 3.08 bits per heavy atom. The zero-order chi connectivity index (χ0) is 16.4. The lowest BCUT2D eigenvalue weighted by atomic mass is 9.97. The monoisotopic (exact) mass is 325 g/mol. The molecule has 3 aromatic rings. The summed E-state index contributed by atoms with van der Waals surface area (Å²) >= 11 is 0. The van der Waals surface area contributed by atoms with Gasteiger partial charge in [-0.25, -0.2) is 0 Å². The molecule has 0 saturated carbocycles. The Morgan fingerprint density at radius 1 is 1.25 bits per heavy atom. The van der Waals surface area contributed by atoms with Crippen LogP contribution in [-0.4, -0.2) is 41.0 Å². The van der Waals surface area contributed by atoms with Gasteiger partial charge in [-0.15, -0.1) is 0 Å². The van der Waals surface area contributed by atoms with Crippen molar-refractivity contribution in [2.75, 3.05) is 26.3 Å². The van der Waals surface area contributed by atoms with E-state index in [1.54, 1.807) is 6.26 Å². The molecule has 1 aromatic carbocycles. The Labute approximate surface area is 141 Å². The standard InChI is InChI=1S/C19H23N3O2/c1-21-17(5-7-20-21)13-22-8-10-23-14-15(12-22)11-16-3-2-4-19-18(16)6-9-24-19/h2-7,9,15H,8,10-14H2,1H3/t15-/m1/s1. The zero-order valence-electron chi connectivity index (χ0n) is 14.0. The number of furan rings is 1. The summed E-state index contributed by atoms with van der Waals surface area (Å²) < 4.78 is 13.3. The summed E-state index contributed by atoms with van der Waals surface area (Å²) in [6.07, 6.45) is 4.64. The van der Waals surface area contributed by atoms with E-state index in [1.165, 1.54) is 16.6 Å². The summed E-state index contributed by atoms with van der Waals surface area (Å²) in [6.45, 7) is 4.55. The largest absolute Gasteiger partial charge is 0.464 e. The van der Waals surface area contributed by atoms with Crippen molar-refractivity contribution in [3.05, 3.63) is 54.0 Å². The predicted octanol–water partition coefficient (Wildman–Crippen LogP) is 2.86. The molecule has 1 aliphatic heterocycles. The Morgan fingerprint density at radius 2 is 2.21 bits per heavy atom. The summed E-state index contributed by atoms with van der Waals surface area (Å²) in [5, 5.41) is 5.49. The molecule has 126 valence electrons. The fourth-order valence-electron chi connectivity index (χ4n) is 3.55. The van der Waals surface area contributed by atoms with Crippen LogP contribution >= 0.6 is 0 Å². The molecule has 1 fully saturated rings. The number of nitrogens with zero attached hydrogens (tertiary/aromatic N) is 3. The average molecular weight is 325 g/mol. The van der Waals surface area contributed by atoms with Crippen molar-refractivity contribution in [2.45, 2.75) is 13.0 Å². The SMILES string of the molecule is Cn1nccc1CN1CCOC[C@H](Cc2cccc3occc23)C1. The van der Waals surface area contributed by atoms with Crippen molar-refractivity contribution in [1.29, 1.82) is 0 Å². The highest BCUT2D eigenvalue weighted by Crippen LogP contribution is 2.24. The van der Waals surface area contributed by atoms with E-state index in [9.17, 15) is 0 Å². The highest BCUT2D eigenvalue weighted by atomic mass is 16.5. The predicted molar refractivity (Wildman–Crippen MR) is 92.7 cm³/mol. The van der Waals surface area contributed by atoms with Crippen LogP contribution in [0.25, 0.3) is 11.0 Å². The summed E-state index contributed by atoms with van der Waals surface area (Å²) in [5.74, 6) is 0.487. The van der Waals surface area contributed by atoms with Crippen LogP contribution in [-0.2, 0) is 24.8 Å². The van der Waals surface area contributed by atoms with E-state index in [1.807, 2.05) is 24.0 Å². The van der Waals surface area contributed by atoms with Crippen LogP contribution in [0.1, 0.15) is 11.3 Å². The number of hydrogen-bond acceptors (Lipinski definition) is 4. The average Bonchev–Trinajstić information content (AvgIpc) is 3.15. The Balaban J connectivity index is 1.48. The molecule has 0 spiro atoms. The normalized spacial score (nSPS) is 19.6. The molecule has 0 N–H and O–H groups in total. The molecule has 3 heterocycles. The molecule has 24 heavy (non-hydrogen) atoms. The van der Waals surface area contributed by atoms with Gasteiger partial charge in [-0.1, -0.05) is 12.1 Å². The lowest BCUT2D eigenvalue weighted by Crippen LogP contribution is -2.31. The second-order valence-corrected chi connectivity index (χ2v) is 6.58. The molecule has 1 atom stereocenters. The van der Waals surface area contributed by atoms with Crippen molar-refractivity contribution in [2.24, 2.45) is 13.0 Å². The number of fused-ring (bicyclic) bond motifs is 1. The van der Waals surface area contributed by atoms with Gasteiger partial charge in [0.25, 0.3) is 0 Å². The van der Waals surface area contributed by atoms with Gasteiger partial charge in [-0.3, -0.25) is 9.58 Å². The van der Waals surface area contributed by atoms with Crippen LogP contribution in [0.5, 0.6) is 0 Å². The first-order valence-corrected chi connectivity index (χ1v) is 8.51. The third-order valence-corrected chi connectivity index (χ3v) is 4.82. The van der Waals surface area contributed by atoms with Gasteiger partial charge in [0.05, 0.1) is 25.2 Å². The molecular formula is C19H23N3O2. The maximum atomic E-state index is 5.86. The van der Waals surface area contributed by atoms with Crippen molar-refractivity contribution < 1.29 is 9.15 Å². The first-order valence-electron chi connectivity index (χ1n) is 8.51. The maximum absolute atomic E-state index is 5.86. The number of aromatic nitrogens is 2. The van der Waals surface area contributed by atoms with E-state index in [4.69, 9.17) is 9.15 Å². The molecule has 0 radical (unpaired) electrons. The molecule has 1 aliphatic rings. The van der Waals surface area contributed by atoms with E-state index in [-0.39, 0.29) is 0 Å². The topological polar surface area (TPSA) is 43.4 Å². The number of benzene rings is 1. The lowest BCUT2D eigenvalue weighted by Gasteiger charge is -2.23. The van der Waals surface area contributed by atoms with Crippen LogP contribution in [0, 0.1) is 5.92 Å². The van der Waals surface area contributed by atoms with Gasteiger partial charge in [-0.05, 0) is 36.1 Å². The van der Waals surface area contributed by atoms with Gasteiger partial charge in [0.1, 0.15) is 5.58 Å². The Hall–Kier alpha value is -2.11. The summed E-state index contributed by atoms with van der Waals surface area (Å²) in [4.78, 5) is 2.48. The highest BCUT2D eigenvalue weighted by molar-refractivity contribution is 5.80. The third kappa shape index (κ3) is 3.23. The number of hydrogen-bond donors (Lipinski definition) is 0. The van der Waals surface area contributed by atoms with Crippen LogP contribution < -0.4 is 0 Å². The number of aryl methyl sites for hydroxylation is 1. The molecule has 2 aromatic heterocycles.